The molecule has 9 nitrogen and oxygen atoms in total. The Morgan fingerprint density at radius 2 is 1.45 bits per heavy atom. The molecule has 1 aliphatic rings. The van der Waals surface area contributed by atoms with E-state index < -0.39 is 27.9 Å². The molecule has 0 spiro atoms. The number of carbonyl (C=O) groups is 3. The molecule has 0 radical (unpaired) electrons. The summed E-state index contributed by atoms with van der Waals surface area (Å²) in [4.78, 5) is 36.4. The average molecular weight is 446 g/mol. The van der Waals surface area contributed by atoms with Gasteiger partial charge >= 0.3 is 11.9 Å². The number of methoxy groups -OCH3 is 2. The molecule has 2 aromatic carbocycles. The Balaban J connectivity index is 1.82. The number of nitrogens with one attached hydrogen (secondary N) is 1. The van der Waals surface area contributed by atoms with Crippen molar-refractivity contribution in [2.75, 3.05) is 36.1 Å². The Morgan fingerprint density at radius 1 is 0.871 bits per heavy atom. The van der Waals surface area contributed by atoms with Gasteiger partial charge in [0.2, 0.25) is 10.0 Å². The maximum Gasteiger partial charge on any atom is 0.337 e. The summed E-state index contributed by atoms with van der Waals surface area (Å²) in [6.45, 7) is 0.407. The highest BCUT2D eigenvalue weighted by molar-refractivity contribution is 7.92. The van der Waals surface area contributed by atoms with Gasteiger partial charge in [0, 0.05) is 17.8 Å². The number of nitrogens with zero attached hydrogens (tertiary/aromatic N) is 1. The first kappa shape index (κ1) is 22.3. The van der Waals surface area contributed by atoms with Crippen molar-refractivity contribution in [2.24, 2.45) is 0 Å². The molecular formula is C21H22N2O7S. The quantitative estimate of drug-likeness (QED) is 0.701. The van der Waals surface area contributed by atoms with E-state index in [1.165, 1.54) is 48.9 Å². The predicted molar refractivity (Wildman–Crippen MR) is 114 cm³/mol. The summed E-state index contributed by atoms with van der Waals surface area (Å²) in [5.74, 6) is -1.73. The maximum absolute atomic E-state index is 12.7. The molecule has 1 aliphatic heterocycles. The minimum Gasteiger partial charge on any atom is -0.465 e. The Morgan fingerprint density at radius 3 is 1.97 bits per heavy atom. The van der Waals surface area contributed by atoms with E-state index in [2.05, 4.69) is 14.8 Å². The molecule has 0 bridgehead atoms. The lowest BCUT2D eigenvalue weighted by molar-refractivity contribution is 0.0598. The van der Waals surface area contributed by atoms with Gasteiger partial charge in [-0.2, -0.15) is 0 Å². The van der Waals surface area contributed by atoms with Crippen molar-refractivity contribution in [3.05, 3.63) is 59.2 Å². The Kier molecular flexibility index (Phi) is 6.59. The van der Waals surface area contributed by atoms with Crippen LogP contribution in [0.4, 0.5) is 11.4 Å². The fourth-order valence-corrected chi connectivity index (χ4v) is 4.87. The minimum absolute atomic E-state index is 0.0753. The van der Waals surface area contributed by atoms with Gasteiger partial charge in [0.25, 0.3) is 5.91 Å². The normalized spacial score (nSPS) is 15.1. The van der Waals surface area contributed by atoms with E-state index in [1.54, 1.807) is 12.1 Å². The third kappa shape index (κ3) is 5.02. The van der Waals surface area contributed by atoms with Crippen LogP contribution in [0, 0.1) is 0 Å². The van der Waals surface area contributed by atoms with E-state index in [0.717, 1.165) is 6.42 Å². The van der Waals surface area contributed by atoms with Crippen LogP contribution in [-0.4, -0.2) is 52.8 Å². The largest absolute Gasteiger partial charge is 0.465 e. The predicted octanol–water partition coefficient (Wildman–Crippen LogP) is 2.44. The highest BCUT2D eigenvalue weighted by Crippen LogP contribution is 2.24. The smallest absolute Gasteiger partial charge is 0.337 e. The zero-order chi connectivity index (χ0) is 22.6. The number of rotatable bonds is 5. The summed E-state index contributed by atoms with van der Waals surface area (Å²) in [7, 11) is -0.936. The van der Waals surface area contributed by atoms with Gasteiger partial charge in [0.1, 0.15) is 0 Å². The van der Waals surface area contributed by atoms with Crippen LogP contribution in [0.15, 0.2) is 42.5 Å². The number of amides is 1. The third-order valence-electron chi connectivity index (χ3n) is 4.80. The van der Waals surface area contributed by atoms with Crippen LogP contribution >= 0.6 is 0 Å². The summed E-state index contributed by atoms with van der Waals surface area (Å²) in [5.41, 5.74) is 1.13. The molecule has 31 heavy (non-hydrogen) atoms. The molecule has 1 amide bonds. The molecule has 1 N–H and O–H groups in total. The van der Waals surface area contributed by atoms with Gasteiger partial charge in [0.15, 0.2) is 0 Å². The van der Waals surface area contributed by atoms with Gasteiger partial charge in [0.05, 0.1) is 36.8 Å². The van der Waals surface area contributed by atoms with Gasteiger partial charge in [-0.3, -0.25) is 9.10 Å². The Bertz CT molecular complexity index is 1080. The number of sulfonamides is 1. The lowest BCUT2D eigenvalue weighted by Crippen LogP contribution is -2.37. The number of benzene rings is 2. The van der Waals surface area contributed by atoms with Crippen LogP contribution < -0.4 is 9.62 Å². The van der Waals surface area contributed by atoms with E-state index >= 15 is 0 Å². The van der Waals surface area contributed by atoms with Crippen molar-refractivity contribution in [1.29, 1.82) is 0 Å². The van der Waals surface area contributed by atoms with E-state index in [9.17, 15) is 22.8 Å². The Labute approximate surface area is 180 Å². The second-order valence-corrected chi connectivity index (χ2v) is 8.89. The monoisotopic (exact) mass is 446 g/mol. The number of hydrogen-bond donors (Lipinski definition) is 1. The zero-order valence-corrected chi connectivity index (χ0v) is 17.9. The van der Waals surface area contributed by atoms with Crippen LogP contribution in [0.1, 0.15) is 43.9 Å². The van der Waals surface area contributed by atoms with Crippen molar-refractivity contribution < 1.29 is 32.3 Å². The van der Waals surface area contributed by atoms with Crippen molar-refractivity contribution in [2.45, 2.75) is 12.8 Å². The van der Waals surface area contributed by atoms with Crippen LogP contribution in [0.25, 0.3) is 0 Å². The van der Waals surface area contributed by atoms with Gasteiger partial charge < -0.3 is 14.8 Å². The van der Waals surface area contributed by atoms with E-state index in [4.69, 9.17) is 0 Å². The van der Waals surface area contributed by atoms with Gasteiger partial charge in [-0.05, 0) is 55.3 Å². The van der Waals surface area contributed by atoms with Crippen molar-refractivity contribution in [1.82, 2.24) is 0 Å². The first-order valence-electron chi connectivity index (χ1n) is 9.48. The van der Waals surface area contributed by atoms with Gasteiger partial charge in [-0.15, -0.1) is 0 Å². The molecule has 1 saturated heterocycles. The SMILES string of the molecule is COC(=O)c1cc(NC(=O)c2ccc(N3CCCCS3(=O)=O)cc2)cc(C(=O)OC)c1. The highest BCUT2D eigenvalue weighted by Gasteiger charge is 2.26. The summed E-state index contributed by atoms with van der Waals surface area (Å²) in [6, 6.07) is 10.2. The third-order valence-corrected chi connectivity index (χ3v) is 6.67. The first-order valence-corrected chi connectivity index (χ1v) is 11.1. The van der Waals surface area contributed by atoms with E-state index in [1.807, 2.05) is 0 Å². The van der Waals surface area contributed by atoms with Crippen LogP contribution in [-0.2, 0) is 19.5 Å². The zero-order valence-electron chi connectivity index (χ0n) is 17.1. The average Bonchev–Trinajstić information content (AvgIpc) is 2.77. The molecular weight excluding hydrogens is 424 g/mol. The van der Waals surface area contributed by atoms with Crippen LogP contribution in [0.5, 0.6) is 0 Å². The second kappa shape index (κ2) is 9.17. The summed E-state index contributed by atoms with van der Waals surface area (Å²) in [6.07, 6.45) is 1.41. The molecule has 10 heteroatoms. The molecule has 0 atom stereocenters. The molecule has 0 saturated carbocycles. The lowest BCUT2D eigenvalue weighted by Gasteiger charge is -2.28. The fourth-order valence-electron chi connectivity index (χ4n) is 3.23. The molecule has 1 heterocycles. The maximum atomic E-state index is 12.7. The summed E-state index contributed by atoms with van der Waals surface area (Å²) < 4.78 is 35.2. The van der Waals surface area contributed by atoms with Crippen molar-refractivity contribution in [3.63, 3.8) is 0 Å². The molecule has 1 fully saturated rings. The number of carbonyl (C=O) groups excluding carboxylic acids is 3. The number of ether oxygens (including phenoxy) is 2. The molecule has 0 aliphatic carbocycles. The van der Waals surface area contributed by atoms with Crippen LogP contribution in [0.2, 0.25) is 0 Å². The van der Waals surface area contributed by atoms with Crippen LogP contribution in [0.3, 0.4) is 0 Å². The first-order chi connectivity index (χ1) is 14.7. The van der Waals surface area contributed by atoms with Crippen molar-refractivity contribution in [3.8, 4) is 0 Å². The van der Waals surface area contributed by atoms with Gasteiger partial charge in [-0.25, -0.2) is 18.0 Å². The molecule has 2 aromatic rings. The summed E-state index contributed by atoms with van der Waals surface area (Å²) >= 11 is 0. The molecule has 3 rings (SSSR count). The lowest BCUT2D eigenvalue weighted by atomic mass is 10.1. The minimum atomic E-state index is -3.34. The summed E-state index contributed by atoms with van der Waals surface area (Å²) in [5, 5.41) is 2.63. The van der Waals surface area contributed by atoms with Gasteiger partial charge in [-0.1, -0.05) is 0 Å². The molecule has 0 unspecified atom stereocenters. The number of anilines is 2. The second-order valence-electron chi connectivity index (χ2n) is 6.88. The van der Waals surface area contributed by atoms with E-state index in [-0.39, 0.29) is 28.1 Å². The fraction of sp³-hybridized carbons (Fsp3) is 0.286. The molecule has 164 valence electrons. The highest BCUT2D eigenvalue weighted by atomic mass is 32.2. The molecule has 0 aromatic heterocycles. The topological polar surface area (TPSA) is 119 Å². The van der Waals surface area contributed by atoms with Crippen molar-refractivity contribution >= 4 is 39.2 Å². The standard InChI is InChI=1S/C21H22N2O7S/c1-29-20(25)15-11-16(21(26)30-2)13-17(12-15)22-19(24)14-5-7-18(8-6-14)23-9-3-4-10-31(23,27)28/h5-8,11-13H,3-4,9-10H2,1-2H3,(H,22,24). The van der Waals surface area contributed by atoms with E-state index in [0.29, 0.717) is 18.7 Å². The Hall–Kier alpha value is -3.40. The number of hydrogen-bond acceptors (Lipinski definition) is 7. The number of esters is 2.